The molecule has 2 N–H and O–H groups in total. The van der Waals surface area contributed by atoms with E-state index in [0.717, 1.165) is 30.4 Å². The zero-order valence-electron chi connectivity index (χ0n) is 16.7. The van der Waals surface area contributed by atoms with Crippen LogP contribution in [0.3, 0.4) is 0 Å². The van der Waals surface area contributed by atoms with Crippen molar-refractivity contribution in [1.29, 1.82) is 0 Å². The summed E-state index contributed by atoms with van der Waals surface area (Å²) in [6.45, 7) is 10.8. The van der Waals surface area contributed by atoms with Crippen molar-refractivity contribution in [2.24, 2.45) is 5.92 Å². The number of hydrogen-bond acceptors (Lipinski definition) is 4. The Morgan fingerprint density at radius 2 is 1.74 bits per heavy atom. The molecule has 144 valence electrons. The first-order chi connectivity index (χ1) is 12.8. The maximum atomic E-state index is 12.5. The summed E-state index contributed by atoms with van der Waals surface area (Å²) < 4.78 is 0. The average Bonchev–Trinajstić information content (AvgIpc) is 2.62. The zero-order chi connectivity index (χ0) is 19.4. The third kappa shape index (κ3) is 5.46. The Bertz CT molecular complexity index is 772. The molecule has 0 saturated carbocycles. The number of pyridine rings is 1. The Balaban J connectivity index is 1.63. The maximum absolute atomic E-state index is 12.5. The highest BCUT2D eigenvalue weighted by Crippen LogP contribution is 2.24. The van der Waals surface area contributed by atoms with Gasteiger partial charge in [-0.15, -0.1) is 0 Å². The molecular weight excluding hydrogens is 336 g/mol. The fourth-order valence-corrected chi connectivity index (χ4v) is 3.28. The largest absolute Gasteiger partial charge is 0.380 e. The van der Waals surface area contributed by atoms with Crippen molar-refractivity contribution in [2.75, 3.05) is 28.6 Å². The lowest BCUT2D eigenvalue weighted by atomic mass is 9.99. The first kappa shape index (κ1) is 19.2. The van der Waals surface area contributed by atoms with Crippen LogP contribution in [0.2, 0.25) is 0 Å². The van der Waals surface area contributed by atoms with E-state index < -0.39 is 0 Å². The second-order valence-electron chi connectivity index (χ2n) is 8.48. The summed E-state index contributed by atoms with van der Waals surface area (Å²) in [6.07, 6.45) is 4.13. The maximum Gasteiger partial charge on any atom is 0.274 e. The molecule has 1 saturated heterocycles. The summed E-state index contributed by atoms with van der Waals surface area (Å²) in [5.41, 5.74) is 3.21. The Kier molecular flexibility index (Phi) is 5.68. The van der Waals surface area contributed by atoms with Crippen LogP contribution in [0.5, 0.6) is 0 Å². The predicted octanol–water partition coefficient (Wildman–Crippen LogP) is 4.78. The van der Waals surface area contributed by atoms with Gasteiger partial charge in [0, 0.05) is 41.9 Å². The van der Waals surface area contributed by atoms with Crippen molar-refractivity contribution in [3.05, 3.63) is 48.3 Å². The molecule has 0 unspecified atom stereocenters. The van der Waals surface area contributed by atoms with Crippen LogP contribution in [0.25, 0.3) is 0 Å². The van der Waals surface area contributed by atoms with E-state index in [0.29, 0.717) is 5.69 Å². The summed E-state index contributed by atoms with van der Waals surface area (Å²) in [6, 6.07) is 11.7. The van der Waals surface area contributed by atoms with Crippen LogP contribution in [-0.2, 0) is 0 Å². The third-order valence-electron chi connectivity index (χ3n) is 4.79. The molecule has 1 amide bonds. The molecule has 0 radical (unpaired) electrons. The number of aromatic nitrogens is 1. The molecule has 1 fully saturated rings. The summed E-state index contributed by atoms with van der Waals surface area (Å²) in [5, 5.41) is 6.30. The Labute approximate surface area is 162 Å². The Hall–Kier alpha value is -2.56. The molecule has 1 aliphatic rings. The Morgan fingerprint density at radius 1 is 1.07 bits per heavy atom. The Morgan fingerprint density at radius 3 is 2.37 bits per heavy atom. The lowest BCUT2D eigenvalue weighted by molar-refractivity contribution is 0.102. The standard InChI is InChI=1S/C22H30N4O/c1-16-10-13-26(14-11-16)19-7-5-17(6-8-19)24-21(27)20-15-18(9-12-23-20)25-22(2,3)4/h5-9,12,15-16H,10-11,13-14H2,1-4H3,(H,23,25)(H,24,27). The number of hydrogen-bond donors (Lipinski definition) is 2. The van der Waals surface area contributed by atoms with Crippen LogP contribution >= 0.6 is 0 Å². The summed E-state index contributed by atoms with van der Waals surface area (Å²) in [5.74, 6) is 0.614. The fourth-order valence-electron chi connectivity index (χ4n) is 3.28. The lowest BCUT2D eigenvalue weighted by Crippen LogP contribution is -2.32. The van der Waals surface area contributed by atoms with Crippen LogP contribution in [0, 0.1) is 5.92 Å². The number of nitrogens with one attached hydrogen (secondary N) is 2. The monoisotopic (exact) mass is 366 g/mol. The molecule has 1 aromatic carbocycles. The van der Waals surface area contributed by atoms with Gasteiger partial charge < -0.3 is 15.5 Å². The van der Waals surface area contributed by atoms with E-state index in [4.69, 9.17) is 0 Å². The molecule has 5 nitrogen and oxygen atoms in total. The van der Waals surface area contributed by atoms with Gasteiger partial charge in [0.15, 0.2) is 0 Å². The topological polar surface area (TPSA) is 57.3 Å². The second-order valence-corrected chi connectivity index (χ2v) is 8.48. The van der Waals surface area contributed by atoms with E-state index in [1.807, 2.05) is 18.2 Å². The number of benzene rings is 1. The minimum Gasteiger partial charge on any atom is -0.380 e. The van der Waals surface area contributed by atoms with Gasteiger partial charge in [-0.1, -0.05) is 6.92 Å². The molecule has 27 heavy (non-hydrogen) atoms. The number of nitrogens with zero attached hydrogens (tertiary/aromatic N) is 2. The first-order valence-electron chi connectivity index (χ1n) is 9.71. The number of carbonyl (C=O) groups excluding carboxylic acids is 1. The minimum atomic E-state index is -0.202. The summed E-state index contributed by atoms with van der Waals surface area (Å²) in [4.78, 5) is 19.2. The van der Waals surface area contributed by atoms with E-state index in [9.17, 15) is 4.79 Å². The van der Waals surface area contributed by atoms with Gasteiger partial charge in [0.1, 0.15) is 5.69 Å². The molecule has 1 aromatic heterocycles. The van der Waals surface area contributed by atoms with E-state index in [1.165, 1.54) is 18.5 Å². The van der Waals surface area contributed by atoms with Crippen LogP contribution in [0.15, 0.2) is 42.6 Å². The number of amides is 1. The number of piperidine rings is 1. The van der Waals surface area contributed by atoms with Crippen LogP contribution in [-0.4, -0.2) is 29.5 Å². The normalized spacial score (nSPS) is 15.5. The summed E-state index contributed by atoms with van der Waals surface area (Å²) in [7, 11) is 0. The second kappa shape index (κ2) is 7.99. The smallest absolute Gasteiger partial charge is 0.274 e. The van der Waals surface area contributed by atoms with Gasteiger partial charge in [0.05, 0.1) is 0 Å². The van der Waals surface area contributed by atoms with Crippen molar-refractivity contribution in [1.82, 2.24) is 4.98 Å². The zero-order valence-corrected chi connectivity index (χ0v) is 16.7. The van der Waals surface area contributed by atoms with Gasteiger partial charge in [-0.3, -0.25) is 9.78 Å². The molecule has 2 heterocycles. The van der Waals surface area contributed by atoms with Crippen molar-refractivity contribution in [2.45, 2.75) is 46.1 Å². The molecule has 3 rings (SSSR count). The molecule has 1 aliphatic heterocycles. The SMILES string of the molecule is CC1CCN(c2ccc(NC(=O)c3cc(NC(C)(C)C)ccn3)cc2)CC1. The van der Waals surface area contributed by atoms with E-state index in [2.05, 4.69) is 60.3 Å². The quantitative estimate of drug-likeness (QED) is 0.817. The van der Waals surface area contributed by atoms with Crippen LogP contribution < -0.4 is 15.5 Å². The highest BCUT2D eigenvalue weighted by atomic mass is 16.1. The van der Waals surface area contributed by atoms with Gasteiger partial charge in [0.2, 0.25) is 0 Å². The highest BCUT2D eigenvalue weighted by molar-refractivity contribution is 6.03. The van der Waals surface area contributed by atoms with Crippen molar-refractivity contribution in [3.8, 4) is 0 Å². The van der Waals surface area contributed by atoms with Crippen molar-refractivity contribution >= 4 is 23.0 Å². The van der Waals surface area contributed by atoms with Crippen LogP contribution in [0.1, 0.15) is 51.0 Å². The predicted molar refractivity (Wildman–Crippen MR) is 113 cm³/mol. The number of anilines is 3. The van der Waals surface area contributed by atoms with Gasteiger partial charge in [0.25, 0.3) is 5.91 Å². The molecule has 0 spiro atoms. The summed E-state index contributed by atoms with van der Waals surface area (Å²) >= 11 is 0. The highest BCUT2D eigenvalue weighted by Gasteiger charge is 2.16. The van der Waals surface area contributed by atoms with Gasteiger partial charge >= 0.3 is 0 Å². The number of rotatable bonds is 4. The van der Waals surface area contributed by atoms with Crippen LogP contribution in [0.4, 0.5) is 17.1 Å². The van der Waals surface area contributed by atoms with Crippen molar-refractivity contribution in [3.63, 3.8) is 0 Å². The van der Waals surface area contributed by atoms with Crippen molar-refractivity contribution < 1.29 is 4.79 Å². The fraction of sp³-hybridized carbons (Fsp3) is 0.455. The molecule has 0 bridgehead atoms. The van der Waals surface area contributed by atoms with Gasteiger partial charge in [-0.05, 0) is 75.9 Å². The molecule has 0 aliphatic carbocycles. The molecule has 5 heteroatoms. The van der Waals surface area contributed by atoms with Gasteiger partial charge in [-0.2, -0.15) is 0 Å². The lowest BCUT2D eigenvalue weighted by Gasteiger charge is -2.32. The average molecular weight is 367 g/mol. The van der Waals surface area contributed by atoms with E-state index in [1.54, 1.807) is 12.3 Å². The third-order valence-corrected chi connectivity index (χ3v) is 4.79. The molecule has 2 aromatic rings. The first-order valence-corrected chi connectivity index (χ1v) is 9.71. The van der Waals surface area contributed by atoms with E-state index in [-0.39, 0.29) is 11.4 Å². The van der Waals surface area contributed by atoms with E-state index >= 15 is 0 Å². The number of carbonyl (C=O) groups is 1. The van der Waals surface area contributed by atoms with Gasteiger partial charge in [-0.25, -0.2) is 0 Å². The molecular formula is C22H30N4O. The molecule has 0 atom stereocenters. The minimum absolute atomic E-state index is 0.0722.